The lowest BCUT2D eigenvalue weighted by molar-refractivity contribution is -0.122. The maximum Gasteiger partial charge on any atom is 0.242 e. The molecule has 0 spiro atoms. The smallest absolute Gasteiger partial charge is 0.242 e. The van der Waals surface area contributed by atoms with E-state index in [-0.39, 0.29) is 11.8 Å². The van der Waals surface area contributed by atoms with E-state index in [9.17, 15) is 4.79 Å². The van der Waals surface area contributed by atoms with E-state index >= 15 is 0 Å². The Bertz CT molecular complexity index is 486. The maximum absolute atomic E-state index is 11.8. The van der Waals surface area contributed by atoms with Crippen molar-refractivity contribution in [3.05, 3.63) is 48.3 Å². The summed E-state index contributed by atoms with van der Waals surface area (Å²) in [6, 6.07) is 9.57. The Hall–Kier alpha value is -1.79. The molecule has 1 aromatic heterocycles. The highest BCUT2D eigenvalue weighted by Crippen LogP contribution is 2.24. The number of carbonyl (C=O) groups excluding carboxylic acids is 1. The van der Waals surface area contributed by atoms with Gasteiger partial charge >= 0.3 is 0 Å². The van der Waals surface area contributed by atoms with Crippen LogP contribution in [0.4, 0.5) is 0 Å². The molecule has 1 unspecified atom stereocenters. The second kappa shape index (κ2) is 6.23. The maximum atomic E-state index is 11.8. The summed E-state index contributed by atoms with van der Waals surface area (Å²) in [6.07, 6.45) is 3.44. The summed E-state index contributed by atoms with van der Waals surface area (Å²) in [4.78, 5) is 18.9. The van der Waals surface area contributed by atoms with Gasteiger partial charge in [-0.1, -0.05) is 42.1 Å². The van der Waals surface area contributed by atoms with E-state index in [0.29, 0.717) is 5.75 Å². The molecular weight excluding hydrogens is 248 g/mol. The van der Waals surface area contributed by atoms with Crippen LogP contribution >= 0.6 is 11.8 Å². The Labute approximate surface area is 109 Å². The van der Waals surface area contributed by atoms with Crippen LogP contribution in [0.5, 0.6) is 0 Å². The zero-order valence-corrected chi connectivity index (χ0v) is 10.5. The van der Waals surface area contributed by atoms with Gasteiger partial charge in [0.25, 0.3) is 0 Å². The van der Waals surface area contributed by atoms with Crippen molar-refractivity contribution in [3.63, 3.8) is 0 Å². The van der Waals surface area contributed by atoms with Crippen molar-refractivity contribution < 1.29 is 4.79 Å². The molecule has 0 aliphatic carbocycles. The second-order valence-corrected chi connectivity index (χ2v) is 4.69. The van der Waals surface area contributed by atoms with Crippen LogP contribution in [0.2, 0.25) is 0 Å². The van der Waals surface area contributed by atoms with Crippen LogP contribution in [0.15, 0.2) is 47.9 Å². The molecule has 2 aromatic rings. The molecule has 6 heteroatoms. The van der Waals surface area contributed by atoms with Crippen molar-refractivity contribution in [1.29, 1.82) is 0 Å². The lowest BCUT2D eigenvalue weighted by Gasteiger charge is -2.14. The minimum atomic E-state index is -0.286. The standard InChI is InChI=1S/C12H14N4OS/c13-16-11(17)10(9-4-2-1-3-5-9)8-18-12-14-6-7-15-12/h1-7,10H,8,13H2,(H,14,15)(H,16,17). The summed E-state index contributed by atoms with van der Waals surface area (Å²) in [5.74, 6) is 5.33. The van der Waals surface area contributed by atoms with E-state index in [4.69, 9.17) is 5.84 Å². The summed E-state index contributed by atoms with van der Waals surface area (Å²) in [5, 5.41) is 0.792. The molecule has 0 bridgehead atoms. The first-order valence-electron chi connectivity index (χ1n) is 5.49. The van der Waals surface area contributed by atoms with Crippen molar-refractivity contribution in [2.75, 3.05) is 5.75 Å². The molecule has 1 amide bonds. The topological polar surface area (TPSA) is 83.8 Å². The van der Waals surface area contributed by atoms with Crippen molar-refractivity contribution in [3.8, 4) is 0 Å². The Kier molecular flexibility index (Phi) is 4.38. The number of aromatic amines is 1. The molecule has 18 heavy (non-hydrogen) atoms. The Balaban J connectivity index is 2.09. The number of aromatic nitrogens is 2. The highest BCUT2D eigenvalue weighted by Gasteiger charge is 2.20. The molecule has 2 rings (SSSR count). The second-order valence-electron chi connectivity index (χ2n) is 3.68. The summed E-state index contributed by atoms with van der Waals surface area (Å²) < 4.78 is 0. The fourth-order valence-electron chi connectivity index (χ4n) is 1.60. The molecule has 1 atom stereocenters. The fraction of sp³-hybridized carbons (Fsp3) is 0.167. The van der Waals surface area contributed by atoms with Crippen LogP contribution in [0.25, 0.3) is 0 Å². The van der Waals surface area contributed by atoms with E-state index in [1.165, 1.54) is 11.8 Å². The number of nitrogens with one attached hydrogen (secondary N) is 2. The largest absolute Gasteiger partial charge is 0.340 e. The summed E-state index contributed by atoms with van der Waals surface area (Å²) in [5.41, 5.74) is 3.15. The quantitative estimate of drug-likeness (QED) is 0.328. The number of hydrogen-bond donors (Lipinski definition) is 3. The summed E-state index contributed by atoms with van der Waals surface area (Å²) in [7, 11) is 0. The molecule has 1 heterocycles. The van der Waals surface area contributed by atoms with Crippen LogP contribution in [0.3, 0.4) is 0 Å². The number of thioether (sulfide) groups is 1. The Morgan fingerprint density at radius 1 is 1.44 bits per heavy atom. The molecular formula is C12H14N4OS. The zero-order chi connectivity index (χ0) is 12.8. The fourth-order valence-corrected chi connectivity index (χ4v) is 2.56. The molecule has 5 nitrogen and oxygen atoms in total. The number of hydrogen-bond acceptors (Lipinski definition) is 4. The van der Waals surface area contributed by atoms with E-state index in [2.05, 4.69) is 15.4 Å². The van der Waals surface area contributed by atoms with Gasteiger partial charge in [-0.15, -0.1) is 0 Å². The highest BCUT2D eigenvalue weighted by molar-refractivity contribution is 7.99. The van der Waals surface area contributed by atoms with Gasteiger partial charge in [-0.2, -0.15) is 0 Å². The van der Waals surface area contributed by atoms with Gasteiger partial charge in [-0.25, -0.2) is 10.8 Å². The van der Waals surface area contributed by atoms with Crippen LogP contribution in [0, 0.1) is 0 Å². The van der Waals surface area contributed by atoms with E-state index in [1.807, 2.05) is 30.3 Å². The normalized spacial score (nSPS) is 12.1. The molecule has 0 aliphatic heterocycles. The number of carbonyl (C=O) groups is 1. The monoisotopic (exact) mass is 262 g/mol. The van der Waals surface area contributed by atoms with Gasteiger partial charge in [0.15, 0.2) is 5.16 Å². The number of hydrazine groups is 1. The number of H-pyrrole nitrogens is 1. The summed E-state index contributed by atoms with van der Waals surface area (Å²) in [6.45, 7) is 0. The van der Waals surface area contributed by atoms with Gasteiger partial charge in [-0.3, -0.25) is 10.2 Å². The highest BCUT2D eigenvalue weighted by atomic mass is 32.2. The first kappa shape index (κ1) is 12.7. The van der Waals surface area contributed by atoms with Crippen LogP contribution < -0.4 is 11.3 Å². The van der Waals surface area contributed by atoms with Crippen molar-refractivity contribution in [2.24, 2.45) is 5.84 Å². The molecule has 94 valence electrons. The van der Waals surface area contributed by atoms with Gasteiger partial charge in [-0.05, 0) is 5.56 Å². The predicted octanol–water partition coefficient (Wildman–Crippen LogP) is 1.28. The lowest BCUT2D eigenvalue weighted by atomic mass is 10.0. The van der Waals surface area contributed by atoms with Crippen molar-refractivity contribution in [1.82, 2.24) is 15.4 Å². The van der Waals surface area contributed by atoms with Crippen LogP contribution in [-0.2, 0) is 4.79 Å². The zero-order valence-electron chi connectivity index (χ0n) is 9.67. The van der Waals surface area contributed by atoms with Gasteiger partial charge < -0.3 is 4.98 Å². The molecule has 0 aliphatic rings. The Morgan fingerprint density at radius 3 is 2.83 bits per heavy atom. The van der Waals surface area contributed by atoms with Crippen molar-refractivity contribution >= 4 is 17.7 Å². The first-order valence-corrected chi connectivity index (χ1v) is 6.47. The summed E-state index contributed by atoms with van der Waals surface area (Å²) >= 11 is 1.49. The van der Waals surface area contributed by atoms with Gasteiger partial charge in [0.05, 0.1) is 5.92 Å². The van der Waals surface area contributed by atoms with Gasteiger partial charge in [0, 0.05) is 18.1 Å². The predicted molar refractivity (Wildman–Crippen MR) is 70.8 cm³/mol. The molecule has 1 aromatic carbocycles. The van der Waals surface area contributed by atoms with Crippen molar-refractivity contribution in [2.45, 2.75) is 11.1 Å². The number of amides is 1. The Morgan fingerprint density at radius 2 is 2.22 bits per heavy atom. The first-order chi connectivity index (χ1) is 8.81. The number of nitrogens with two attached hydrogens (primary N) is 1. The third kappa shape index (κ3) is 3.12. The molecule has 0 saturated carbocycles. The van der Waals surface area contributed by atoms with E-state index in [1.54, 1.807) is 12.4 Å². The number of benzene rings is 1. The third-order valence-corrected chi connectivity index (χ3v) is 3.52. The van der Waals surface area contributed by atoms with E-state index < -0.39 is 0 Å². The number of imidazole rings is 1. The SMILES string of the molecule is NNC(=O)C(CSc1ncc[nH]1)c1ccccc1. The molecule has 0 saturated heterocycles. The minimum Gasteiger partial charge on any atom is -0.340 e. The molecule has 4 N–H and O–H groups in total. The average molecular weight is 262 g/mol. The van der Waals surface area contributed by atoms with Gasteiger partial charge in [0.2, 0.25) is 5.91 Å². The average Bonchev–Trinajstić information content (AvgIpc) is 2.93. The third-order valence-electron chi connectivity index (χ3n) is 2.52. The van der Waals surface area contributed by atoms with Crippen LogP contribution in [0.1, 0.15) is 11.5 Å². The number of nitrogens with zero attached hydrogens (tertiary/aromatic N) is 1. The molecule has 0 fully saturated rings. The van der Waals surface area contributed by atoms with Gasteiger partial charge in [0.1, 0.15) is 0 Å². The molecule has 0 radical (unpaired) electrons. The number of rotatable bonds is 5. The van der Waals surface area contributed by atoms with E-state index in [0.717, 1.165) is 10.7 Å². The minimum absolute atomic E-state index is 0.194. The lowest BCUT2D eigenvalue weighted by Crippen LogP contribution is -2.35. The van der Waals surface area contributed by atoms with Crippen LogP contribution in [-0.4, -0.2) is 21.6 Å².